The summed E-state index contributed by atoms with van der Waals surface area (Å²) in [7, 11) is 0. The van der Waals surface area contributed by atoms with Crippen LogP contribution in [0.4, 0.5) is 5.82 Å². The van der Waals surface area contributed by atoms with Crippen LogP contribution in [-0.2, 0) is 16.8 Å². The summed E-state index contributed by atoms with van der Waals surface area (Å²) in [5.74, 6) is 0.137. The fourth-order valence-electron chi connectivity index (χ4n) is 4.24. The molecule has 0 atom stereocenters. The van der Waals surface area contributed by atoms with Crippen molar-refractivity contribution in [3.8, 4) is 28.5 Å². The van der Waals surface area contributed by atoms with Crippen LogP contribution in [0.1, 0.15) is 55.1 Å². The molecule has 0 saturated heterocycles. The van der Waals surface area contributed by atoms with Gasteiger partial charge in [0.1, 0.15) is 5.82 Å². The molecular weight excluding hydrogens is 454 g/mol. The highest BCUT2D eigenvalue weighted by molar-refractivity contribution is 5.86. The van der Waals surface area contributed by atoms with Crippen LogP contribution >= 0.6 is 0 Å². The number of rotatable bonds is 8. The molecular formula is C27H25N7O2. The van der Waals surface area contributed by atoms with Crippen LogP contribution in [0, 0.1) is 11.3 Å². The monoisotopic (exact) mass is 479 g/mol. The number of carboxylic acid groups (broad SMARTS) is 1. The van der Waals surface area contributed by atoms with E-state index in [9.17, 15) is 15.2 Å². The Bertz CT molecular complexity index is 1460. The second-order valence-corrected chi connectivity index (χ2v) is 9.29. The van der Waals surface area contributed by atoms with Gasteiger partial charge in [0, 0.05) is 29.1 Å². The molecule has 3 N–H and O–H groups in total. The molecule has 3 aromatic heterocycles. The van der Waals surface area contributed by atoms with Crippen molar-refractivity contribution in [2.75, 3.05) is 5.32 Å². The molecule has 4 aromatic rings. The number of aliphatic carboxylic acids is 1. The minimum absolute atomic E-state index is 0.287. The van der Waals surface area contributed by atoms with E-state index in [2.05, 4.69) is 50.4 Å². The van der Waals surface area contributed by atoms with Crippen LogP contribution in [0.5, 0.6) is 0 Å². The van der Waals surface area contributed by atoms with Crippen LogP contribution in [0.25, 0.3) is 22.4 Å². The maximum Gasteiger partial charge on any atom is 0.314 e. The van der Waals surface area contributed by atoms with E-state index in [1.165, 1.54) is 0 Å². The van der Waals surface area contributed by atoms with Gasteiger partial charge in [0.05, 0.1) is 53.1 Å². The van der Waals surface area contributed by atoms with Crippen LogP contribution in [0.2, 0.25) is 0 Å². The zero-order valence-electron chi connectivity index (χ0n) is 20.0. The summed E-state index contributed by atoms with van der Waals surface area (Å²) < 4.78 is 0. The van der Waals surface area contributed by atoms with Crippen molar-refractivity contribution in [1.29, 1.82) is 5.26 Å². The van der Waals surface area contributed by atoms with Gasteiger partial charge in [-0.3, -0.25) is 19.9 Å². The maximum atomic E-state index is 11.7. The fraction of sp³-hybridized carbons (Fsp3) is 0.259. The van der Waals surface area contributed by atoms with Gasteiger partial charge in [0.2, 0.25) is 0 Å². The zero-order valence-corrected chi connectivity index (χ0v) is 20.0. The van der Waals surface area contributed by atoms with E-state index in [1.54, 1.807) is 30.9 Å². The lowest BCUT2D eigenvalue weighted by molar-refractivity contribution is -0.140. The van der Waals surface area contributed by atoms with Gasteiger partial charge >= 0.3 is 5.97 Å². The number of nitriles is 1. The average molecular weight is 480 g/mol. The van der Waals surface area contributed by atoms with E-state index < -0.39 is 11.4 Å². The Kier molecular flexibility index (Phi) is 5.94. The second-order valence-electron chi connectivity index (χ2n) is 9.29. The van der Waals surface area contributed by atoms with E-state index in [1.807, 2.05) is 24.3 Å². The topological polar surface area (TPSA) is 140 Å². The molecule has 1 fully saturated rings. The molecule has 0 bridgehead atoms. The Balaban J connectivity index is 1.35. The molecule has 3 heterocycles. The molecule has 0 radical (unpaired) electrons. The predicted octanol–water partition coefficient (Wildman–Crippen LogP) is 4.65. The van der Waals surface area contributed by atoms with Gasteiger partial charge in [0.15, 0.2) is 0 Å². The number of hydrogen-bond donors (Lipinski definition) is 3. The number of nitrogens with zero attached hydrogens (tertiary/aromatic N) is 5. The molecule has 0 unspecified atom stereocenters. The number of aromatic amines is 1. The number of nitrogens with one attached hydrogen (secondary N) is 2. The van der Waals surface area contributed by atoms with Crippen LogP contribution in [0.3, 0.4) is 0 Å². The largest absolute Gasteiger partial charge is 0.481 e. The quantitative estimate of drug-likeness (QED) is 0.332. The van der Waals surface area contributed by atoms with Gasteiger partial charge in [-0.25, -0.2) is 4.98 Å². The first-order valence-electron chi connectivity index (χ1n) is 11.7. The summed E-state index contributed by atoms with van der Waals surface area (Å²) in [6.45, 7) is 4.62. The van der Waals surface area contributed by atoms with Gasteiger partial charge < -0.3 is 10.4 Å². The molecule has 1 aromatic carbocycles. The van der Waals surface area contributed by atoms with Gasteiger partial charge in [-0.2, -0.15) is 10.4 Å². The molecule has 9 nitrogen and oxygen atoms in total. The Morgan fingerprint density at radius 3 is 2.67 bits per heavy atom. The third kappa shape index (κ3) is 4.29. The maximum absolute atomic E-state index is 11.7. The van der Waals surface area contributed by atoms with Crippen molar-refractivity contribution < 1.29 is 9.90 Å². The molecule has 5 rings (SSSR count). The Morgan fingerprint density at radius 1 is 1.17 bits per heavy atom. The Labute approximate surface area is 208 Å². The molecule has 1 aliphatic rings. The zero-order chi connectivity index (χ0) is 25.3. The van der Waals surface area contributed by atoms with Crippen LogP contribution < -0.4 is 5.32 Å². The van der Waals surface area contributed by atoms with Crippen molar-refractivity contribution in [3.63, 3.8) is 0 Å². The molecule has 36 heavy (non-hydrogen) atoms. The number of carboxylic acids is 1. The van der Waals surface area contributed by atoms with Crippen LogP contribution in [0.15, 0.2) is 55.1 Å². The number of aromatic nitrogens is 5. The van der Waals surface area contributed by atoms with Crippen molar-refractivity contribution in [3.05, 3.63) is 77.6 Å². The van der Waals surface area contributed by atoms with E-state index in [0.29, 0.717) is 36.3 Å². The SMILES string of the molecule is CC(C)c1cncc(NCc2[nH]ncc2-c2ccc(-c3ccc(C4(C(=O)O)CC4)cc3C#N)cn2)n1. The highest BCUT2D eigenvalue weighted by Crippen LogP contribution is 2.49. The predicted molar refractivity (Wildman–Crippen MR) is 134 cm³/mol. The number of pyridine rings is 1. The van der Waals surface area contributed by atoms with E-state index in [-0.39, 0.29) is 5.92 Å². The summed E-state index contributed by atoms with van der Waals surface area (Å²) in [6.07, 6.45) is 8.10. The summed E-state index contributed by atoms with van der Waals surface area (Å²) in [5, 5.41) is 29.8. The van der Waals surface area contributed by atoms with Crippen LogP contribution in [-0.4, -0.2) is 36.2 Å². The van der Waals surface area contributed by atoms with Gasteiger partial charge in [-0.05, 0) is 36.5 Å². The fourth-order valence-corrected chi connectivity index (χ4v) is 4.24. The number of anilines is 1. The third-order valence-corrected chi connectivity index (χ3v) is 6.61. The van der Waals surface area contributed by atoms with E-state index >= 15 is 0 Å². The molecule has 0 aliphatic heterocycles. The standard InChI is InChI=1S/C27H25N7O2/c1-16(2)23-13-29-15-25(33-23)31-14-24-21(12-32-34-24)22-6-3-17(11-30-22)20-5-4-19(9-18(20)10-28)27(7-8-27)26(35)36/h3-6,9,11-13,15-16H,7-8,14H2,1-2H3,(H,31,33)(H,32,34)(H,35,36). The molecule has 1 aliphatic carbocycles. The lowest BCUT2D eigenvalue weighted by atomic mass is 9.91. The van der Waals surface area contributed by atoms with E-state index in [4.69, 9.17) is 0 Å². The second kappa shape index (κ2) is 9.23. The highest BCUT2D eigenvalue weighted by atomic mass is 16.4. The molecule has 9 heteroatoms. The summed E-state index contributed by atoms with van der Waals surface area (Å²) in [4.78, 5) is 25.1. The van der Waals surface area contributed by atoms with Gasteiger partial charge in [-0.1, -0.05) is 32.0 Å². The van der Waals surface area contributed by atoms with Crippen molar-refractivity contribution in [1.82, 2.24) is 25.1 Å². The van der Waals surface area contributed by atoms with Crippen molar-refractivity contribution >= 4 is 11.8 Å². The molecule has 1 saturated carbocycles. The van der Waals surface area contributed by atoms with Gasteiger partial charge in [-0.15, -0.1) is 0 Å². The first-order valence-corrected chi connectivity index (χ1v) is 11.7. The molecule has 0 amide bonds. The first kappa shape index (κ1) is 23.2. The number of carbonyl (C=O) groups is 1. The average Bonchev–Trinajstić information content (AvgIpc) is 3.59. The number of H-pyrrole nitrogens is 1. The summed E-state index contributed by atoms with van der Waals surface area (Å²) in [6, 6.07) is 11.3. The third-order valence-electron chi connectivity index (χ3n) is 6.61. The lowest BCUT2D eigenvalue weighted by Crippen LogP contribution is -2.19. The summed E-state index contributed by atoms with van der Waals surface area (Å²) in [5.41, 5.74) is 5.15. The first-order chi connectivity index (χ1) is 17.4. The summed E-state index contributed by atoms with van der Waals surface area (Å²) >= 11 is 0. The minimum Gasteiger partial charge on any atom is -0.481 e. The number of benzene rings is 1. The lowest BCUT2D eigenvalue weighted by Gasteiger charge is -2.13. The normalized spacial score (nSPS) is 13.8. The van der Waals surface area contributed by atoms with E-state index in [0.717, 1.165) is 33.8 Å². The van der Waals surface area contributed by atoms with Gasteiger partial charge in [0.25, 0.3) is 0 Å². The Morgan fingerprint density at radius 2 is 2.00 bits per heavy atom. The molecule has 0 spiro atoms. The minimum atomic E-state index is -0.848. The Hall–Kier alpha value is -4.58. The smallest absolute Gasteiger partial charge is 0.314 e. The highest BCUT2D eigenvalue weighted by Gasteiger charge is 2.51. The number of hydrogen-bond acceptors (Lipinski definition) is 7. The molecule has 180 valence electrons. The van der Waals surface area contributed by atoms with Crippen molar-refractivity contribution in [2.45, 2.75) is 44.6 Å². The van der Waals surface area contributed by atoms with Crippen molar-refractivity contribution in [2.24, 2.45) is 0 Å².